The van der Waals surface area contributed by atoms with Crippen molar-refractivity contribution in [1.29, 1.82) is 0 Å². The third-order valence-corrected chi connectivity index (χ3v) is 3.76. The Kier molecular flexibility index (Phi) is 2.63. The smallest absolute Gasteiger partial charge is 0.0209 e. The Hall–Kier alpha value is -0.0500. The second kappa shape index (κ2) is 3.51. The van der Waals surface area contributed by atoms with Gasteiger partial charge in [-0.2, -0.15) is 0 Å². The van der Waals surface area contributed by atoms with Gasteiger partial charge in [-0.1, -0.05) is 22.0 Å². The highest BCUT2D eigenvalue weighted by Gasteiger charge is 2.46. The lowest BCUT2D eigenvalue weighted by atomic mass is 9.88. The van der Waals surface area contributed by atoms with Crippen molar-refractivity contribution in [3.63, 3.8) is 0 Å². The van der Waals surface area contributed by atoms with Crippen molar-refractivity contribution in [2.75, 3.05) is 6.54 Å². The van der Waals surface area contributed by atoms with Crippen LogP contribution in [-0.4, -0.2) is 6.54 Å². The molecule has 1 N–H and O–H groups in total. The predicted molar refractivity (Wildman–Crippen MR) is 64.0 cm³/mol. The van der Waals surface area contributed by atoms with Crippen LogP contribution in [0.5, 0.6) is 0 Å². The molecular formula is C11H13BrClN. The first kappa shape index (κ1) is 10.5. The van der Waals surface area contributed by atoms with E-state index in [1.54, 1.807) is 5.56 Å². The van der Waals surface area contributed by atoms with Crippen LogP contribution < -0.4 is 5.32 Å². The third kappa shape index (κ3) is 1.50. The number of hydrogen-bond acceptors (Lipinski definition) is 1. The highest BCUT2D eigenvalue weighted by atomic mass is 79.9. The SMILES string of the molecule is Brc1ccc2c(c1)CNCC21CC1.Cl. The minimum Gasteiger partial charge on any atom is -0.312 e. The number of hydrogen-bond donors (Lipinski definition) is 1. The van der Waals surface area contributed by atoms with Crippen LogP contribution in [0.2, 0.25) is 0 Å². The molecule has 1 aromatic rings. The van der Waals surface area contributed by atoms with E-state index < -0.39 is 0 Å². The first-order valence-electron chi connectivity index (χ1n) is 4.80. The fourth-order valence-electron chi connectivity index (χ4n) is 2.35. The summed E-state index contributed by atoms with van der Waals surface area (Å²) in [6.07, 6.45) is 2.74. The summed E-state index contributed by atoms with van der Waals surface area (Å²) in [6, 6.07) is 6.72. The van der Waals surface area contributed by atoms with Crippen molar-refractivity contribution in [3.05, 3.63) is 33.8 Å². The Bertz CT molecular complexity index is 360. The zero-order valence-electron chi connectivity index (χ0n) is 7.85. The zero-order chi connectivity index (χ0) is 8.89. The quantitative estimate of drug-likeness (QED) is 0.767. The van der Waals surface area contributed by atoms with Gasteiger partial charge in [-0.3, -0.25) is 0 Å². The summed E-state index contributed by atoms with van der Waals surface area (Å²) in [5.41, 5.74) is 3.60. The topological polar surface area (TPSA) is 12.0 Å². The van der Waals surface area contributed by atoms with E-state index in [1.165, 1.54) is 29.4 Å². The monoisotopic (exact) mass is 273 g/mol. The molecule has 76 valence electrons. The fourth-order valence-corrected chi connectivity index (χ4v) is 2.76. The van der Waals surface area contributed by atoms with E-state index in [0.29, 0.717) is 5.41 Å². The Morgan fingerprint density at radius 3 is 2.79 bits per heavy atom. The van der Waals surface area contributed by atoms with Crippen LogP contribution in [0, 0.1) is 0 Å². The molecule has 1 aliphatic heterocycles. The van der Waals surface area contributed by atoms with E-state index in [9.17, 15) is 0 Å². The predicted octanol–water partition coefficient (Wildman–Crippen LogP) is 3.01. The summed E-state index contributed by atoms with van der Waals surface area (Å²) in [4.78, 5) is 0. The molecule has 1 aliphatic carbocycles. The summed E-state index contributed by atoms with van der Waals surface area (Å²) < 4.78 is 1.20. The van der Waals surface area contributed by atoms with Gasteiger partial charge < -0.3 is 5.32 Å². The van der Waals surface area contributed by atoms with Gasteiger partial charge in [-0.25, -0.2) is 0 Å². The molecule has 0 atom stereocenters. The number of halogens is 2. The summed E-state index contributed by atoms with van der Waals surface area (Å²) in [7, 11) is 0. The molecule has 0 bridgehead atoms. The van der Waals surface area contributed by atoms with Crippen LogP contribution in [0.4, 0.5) is 0 Å². The second-order valence-electron chi connectivity index (χ2n) is 4.19. The van der Waals surface area contributed by atoms with Crippen molar-refractivity contribution in [2.24, 2.45) is 0 Å². The van der Waals surface area contributed by atoms with Gasteiger partial charge in [0.1, 0.15) is 0 Å². The van der Waals surface area contributed by atoms with E-state index in [4.69, 9.17) is 0 Å². The van der Waals surface area contributed by atoms with Gasteiger partial charge in [0.25, 0.3) is 0 Å². The van der Waals surface area contributed by atoms with Crippen molar-refractivity contribution >= 4 is 28.3 Å². The number of nitrogens with one attached hydrogen (secondary N) is 1. The van der Waals surface area contributed by atoms with Crippen molar-refractivity contribution < 1.29 is 0 Å². The van der Waals surface area contributed by atoms with Crippen LogP contribution in [-0.2, 0) is 12.0 Å². The molecule has 3 rings (SSSR count). The van der Waals surface area contributed by atoms with Gasteiger partial charge in [-0.05, 0) is 36.1 Å². The minimum atomic E-state index is 0. The van der Waals surface area contributed by atoms with Gasteiger partial charge in [0.2, 0.25) is 0 Å². The van der Waals surface area contributed by atoms with E-state index in [-0.39, 0.29) is 12.4 Å². The van der Waals surface area contributed by atoms with Crippen LogP contribution >= 0.6 is 28.3 Å². The molecule has 14 heavy (non-hydrogen) atoms. The van der Waals surface area contributed by atoms with Gasteiger partial charge >= 0.3 is 0 Å². The molecule has 0 aromatic heterocycles. The van der Waals surface area contributed by atoms with E-state index in [2.05, 4.69) is 39.4 Å². The molecule has 1 saturated carbocycles. The van der Waals surface area contributed by atoms with Gasteiger partial charge in [-0.15, -0.1) is 12.4 Å². The first-order valence-corrected chi connectivity index (χ1v) is 5.59. The average Bonchev–Trinajstić information content (AvgIpc) is 2.86. The van der Waals surface area contributed by atoms with Gasteiger partial charge in [0.15, 0.2) is 0 Å². The van der Waals surface area contributed by atoms with E-state index in [0.717, 1.165) is 6.54 Å². The summed E-state index contributed by atoms with van der Waals surface area (Å²) >= 11 is 3.52. The third-order valence-electron chi connectivity index (χ3n) is 3.27. The van der Waals surface area contributed by atoms with Gasteiger partial charge in [0, 0.05) is 23.0 Å². The molecule has 2 aliphatic rings. The molecule has 0 unspecified atom stereocenters. The normalized spacial score (nSPS) is 21.2. The Balaban J connectivity index is 0.000000750. The Morgan fingerprint density at radius 2 is 2.07 bits per heavy atom. The highest BCUT2D eigenvalue weighted by molar-refractivity contribution is 9.10. The molecule has 0 amide bonds. The summed E-state index contributed by atoms with van der Waals surface area (Å²) in [5.74, 6) is 0. The van der Waals surface area contributed by atoms with Crippen LogP contribution in [0.25, 0.3) is 0 Å². The molecule has 0 radical (unpaired) electrons. The largest absolute Gasteiger partial charge is 0.312 e. The lowest BCUT2D eigenvalue weighted by Gasteiger charge is -2.26. The molecule has 1 aromatic carbocycles. The van der Waals surface area contributed by atoms with Crippen LogP contribution in [0.15, 0.2) is 22.7 Å². The minimum absolute atomic E-state index is 0. The molecule has 1 fully saturated rings. The Labute approximate surface area is 98.8 Å². The maximum Gasteiger partial charge on any atom is 0.0209 e. The van der Waals surface area contributed by atoms with Crippen molar-refractivity contribution in [2.45, 2.75) is 24.8 Å². The van der Waals surface area contributed by atoms with Crippen molar-refractivity contribution in [1.82, 2.24) is 5.32 Å². The first-order chi connectivity index (χ1) is 6.30. The maximum atomic E-state index is 3.52. The molecule has 1 spiro atoms. The lowest BCUT2D eigenvalue weighted by Crippen LogP contribution is -2.33. The molecule has 1 nitrogen and oxygen atoms in total. The van der Waals surface area contributed by atoms with Gasteiger partial charge in [0.05, 0.1) is 0 Å². The second-order valence-corrected chi connectivity index (χ2v) is 5.10. The zero-order valence-corrected chi connectivity index (χ0v) is 10.2. The van der Waals surface area contributed by atoms with Crippen LogP contribution in [0.1, 0.15) is 24.0 Å². The van der Waals surface area contributed by atoms with E-state index >= 15 is 0 Å². The average molecular weight is 275 g/mol. The number of benzene rings is 1. The fraction of sp³-hybridized carbons (Fsp3) is 0.455. The maximum absolute atomic E-state index is 3.52. The summed E-state index contributed by atoms with van der Waals surface area (Å²) in [6.45, 7) is 2.22. The molecule has 1 heterocycles. The van der Waals surface area contributed by atoms with Crippen molar-refractivity contribution in [3.8, 4) is 0 Å². The Morgan fingerprint density at radius 1 is 1.29 bits per heavy atom. The van der Waals surface area contributed by atoms with E-state index in [1.807, 2.05) is 0 Å². The number of rotatable bonds is 0. The van der Waals surface area contributed by atoms with Crippen LogP contribution in [0.3, 0.4) is 0 Å². The number of fused-ring (bicyclic) bond motifs is 2. The highest BCUT2D eigenvalue weighted by Crippen LogP contribution is 2.50. The molecule has 3 heteroatoms. The standard InChI is InChI=1S/C11H12BrN.ClH/c12-9-1-2-10-8(5-9)6-13-7-11(10)3-4-11;/h1-2,5,13H,3-4,6-7H2;1H. The summed E-state index contributed by atoms with van der Waals surface area (Å²) in [5, 5.41) is 3.50. The molecular weight excluding hydrogens is 261 g/mol. The lowest BCUT2D eigenvalue weighted by molar-refractivity contribution is 0.531. The molecule has 0 saturated heterocycles.